The van der Waals surface area contributed by atoms with Crippen LogP contribution in [0.4, 0.5) is 20.6 Å². The molecule has 2 heterocycles. The van der Waals surface area contributed by atoms with E-state index in [4.69, 9.17) is 0 Å². The van der Waals surface area contributed by atoms with Crippen molar-refractivity contribution in [3.63, 3.8) is 0 Å². The van der Waals surface area contributed by atoms with Crippen LogP contribution in [0.5, 0.6) is 0 Å². The molecule has 2 amide bonds. The second-order valence-electron chi connectivity index (χ2n) is 4.85. The van der Waals surface area contributed by atoms with E-state index in [0.29, 0.717) is 23.5 Å². The van der Waals surface area contributed by atoms with Crippen LogP contribution in [0, 0.1) is 5.82 Å². The van der Waals surface area contributed by atoms with Crippen LogP contribution in [0.1, 0.15) is 12.6 Å². The molecule has 7 heteroatoms. The lowest BCUT2D eigenvalue weighted by molar-refractivity contribution is 0.262. The zero-order valence-electron chi connectivity index (χ0n) is 12.4. The summed E-state index contributed by atoms with van der Waals surface area (Å²) in [7, 11) is 0. The number of aromatic amines is 1. The largest absolute Gasteiger partial charge is 0.323 e. The normalized spacial score (nSPS) is 10.5. The number of carbonyl (C=O) groups excluding carboxylic acids is 1. The highest BCUT2D eigenvalue weighted by molar-refractivity contribution is 7.13. The van der Waals surface area contributed by atoms with Crippen molar-refractivity contribution >= 4 is 28.7 Å². The Bertz CT molecular complexity index is 813. The van der Waals surface area contributed by atoms with E-state index in [1.807, 2.05) is 24.4 Å². The molecule has 1 aromatic carbocycles. The highest BCUT2D eigenvalue weighted by atomic mass is 32.1. The molecule has 0 fully saturated rings. The summed E-state index contributed by atoms with van der Waals surface area (Å²) in [6.45, 7) is 1.97. The lowest BCUT2D eigenvalue weighted by atomic mass is 10.2. The fourth-order valence-electron chi connectivity index (χ4n) is 2.20. The van der Waals surface area contributed by atoms with Gasteiger partial charge >= 0.3 is 6.03 Å². The molecule has 0 radical (unpaired) electrons. The topological polar surface area (TPSA) is 69.8 Å². The van der Waals surface area contributed by atoms with E-state index < -0.39 is 11.8 Å². The lowest BCUT2D eigenvalue weighted by Gasteiger charge is -2.09. The molecule has 118 valence electrons. The first-order valence-electron chi connectivity index (χ1n) is 7.12. The van der Waals surface area contributed by atoms with Gasteiger partial charge in [0.15, 0.2) is 0 Å². The SMILES string of the molecule is CCc1[nH]nc(-c2cccs2)c1NC(=O)Nc1cccc(F)c1. The van der Waals surface area contributed by atoms with E-state index in [-0.39, 0.29) is 0 Å². The van der Waals surface area contributed by atoms with Gasteiger partial charge in [0.25, 0.3) is 0 Å². The van der Waals surface area contributed by atoms with Gasteiger partial charge in [-0.3, -0.25) is 5.10 Å². The number of benzene rings is 1. The Morgan fingerprint density at radius 1 is 1.30 bits per heavy atom. The number of anilines is 2. The van der Waals surface area contributed by atoms with Crippen molar-refractivity contribution in [1.29, 1.82) is 0 Å². The van der Waals surface area contributed by atoms with E-state index in [0.717, 1.165) is 10.6 Å². The molecule has 0 saturated heterocycles. The first kappa shape index (κ1) is 15.2. The van der Waals surface area contributed by atoms with Gasteiger partial charge in [-0.05, 0) is 36.1 Å². The maximum Gasteiger partial charge on any atom is 0.323 e. The molecule has 0 aliphatic heterocycles. The van der Waals surface area contributed by atoms with Crippen LogP contribution in [0.3, 0.4) is 0 Å². The van der Waals surface area contributed by atoms with Crippen molar-refractivity contribution in [1.82, 2.24) is 10.2 Å². The van der Waals surface area contributed by atoms with Crippen molar-refractivity contribution in [2.45, 2.75) is 13.3 Å². The van der Waals surface area contributed by atoms with Crippen molar-refractivity contribution in [2.75, 3.05) is 10.6 Å². The summed E-state index contributed by atoms with van der Waals surface area (Å²) < 4.78 is 13.2. The molecule has 0 aliphatic carbocycles. The second-order valence-corrected chi connectivity index (χ2v) is 5.79. The van der Waals surface area contributed by atoms with Crippen molar-refractivity contribution in [3.8, 4) is 10.6 Å². The van der Waals surface area contributed by atoms with E-state index in [9.17, 15) is 9.18 Å². The Morgan fingerprint density at radius 3 is 2.87 bits per heavy atom. The van der Waals surface area contributed by atoms with Crippen molar-refractivity contribution in [2.24, 2.45) is 0 Å². The van der Waals surface area contributed by atoms with Crippen molar-refractivity contribution < 1.29 is 9.18 Å². The molecule has 0 spiro atoms. The Labute approximate surface area is 136 Å². The summed E-state index contributed by atoms with van der Waals surface area (Å²) in [5.74, 6) is -0.403. The summed E-state index contributed by atoms with van der Waals surface area (Å²) in [5.41, 5.74) is 2.57. The highest BCUT2D eigenvalue weighted by Crippen LogP contribution is 2.32. The summed E-state index contributed by atoms with van der Waals surface area (Å²) in [4.78, 5) is 13.2. The predicted molar refractivity (Wildman–Crippen MR) is 90.3 cm³/mol. The number of carbonyl (C=O) groups is 1. The first-order chi connectivity index (χ1) is 11.2. The van der Waals surface area contributed by atoms with Gasteiger partial charge in [0, 0.05) is 5.69 Å². The molecule has 0 aliphatic rings. The highest BCUT2D eigenvalue weighted by Gasteiger charge is 2.17. The maximum atomic E-state index is 13.2. The van der Waals surface area contributed by atoms with Gasteiger partial charge in [-0.2, -0.15) is 5.10 Å². The summed E-state index contributed by atoms with van der Waals surface area (Å²) in [6.07, 6.45) is 0.702. The van der Waals surface area contributed by atoms with Gasteiger partial charge in [-0.15, -0.1) is 11.3 Å². The number of aryl methyl sites for hydroxylation is 1. The van der Waals surface area contributed by atoms with Crippen LogP contribution in [-0.4, -0.2) is 16.2 Å². The zero-order valence-corrected chi connectivity index (χ0v) is 13.2. The number of aromatic nitrogens is 2. The molecular formula is C16H15FN4OS. The summed E-state index contributed by atoms with van der Waals surface area (Å²) >= 11 is 1.54. The average Bonchev–Trinajstić information content (AvgIpc) is 3.16. The van der Waals surface area contributed by atoms with Crippen LogP contribution >= 0.6 is 11.3 Å². The smallest absolute Gasteiger partial charge is 0.308 e. The quantitative estimate of drug-likeness (QED) is 0.660. The number of hydrogen-bond donors (Lipinski definition) is 3. The summed E-state index contributed by atoms with van der Waals surface area (Å²) in [6, 6.07) is 9.17. The molecule has 0 saturated carbocycles. The monoisotopic (exact) mass is 330 g/mol. The van der Waals surface area contributed by atoms with Crippen molar-refractivity contribution in [3.05, 3.63) is 53.3 Å². The first-order valence-corrected chi connectivity index (χ1v) is 8.00. The van der Waals surface area contributed by atoms with E-state index in [2.05, 4.69) is 20.8 Å². The number of amides is 2. The number of nitrogens with one attached hydrogen (secondary N) is 3. The number of thiophene rings is 1. The number of halogens is 1. The van der Waals surface area contributed by atoms with Gasteiger partial charge in [0.1, 0.15) is 11.5 Å². The third-order valence-electron chi connectivity index (χ3n) is 3.27. The van der Waals surface area contributed by atoms with Crippen LogP contribution < -0.4 is 10.6 Å². The molecule has 2 aromatic heterocycles. The molecule has 3 rings (SSSR count). The van der Waals surface area contributed by atoms with E-state index in [1.54, 1.807) is 17.4 Å². The van der Waals surface area contributed by atoms with E-state index >= 15 is 0 Å². The molecule has 5 nitrogen and oxygen atoms in total. The van der Waals surface area contributed by atoms with Gasteiger partial charge in [0.2, 0.25) is 0 Å². The minimum Gasteiger partial charge on any atom is -0.308 e. The van der Waals surface area contributed by atoms with Gasteiger partial charge in [-0.25, -0.2) is 9.18 Å². The fraction of sp³-hybridized carbons (Fsp3) is 0.125. The van der Waals surface area contributed by atoms with Crippen LogP contribution in [0.15, 0.2) is 41.8 Å². The molecule has 23 heavy (non-hydrogen) atoms. The van der Waals surface area contributed by atoms with E-state index in [1.165, 1.54) is 18.2 Å². The molecule has 0 bridgehead atoms. The third-order valence-corrected chi connectivity index (χ3v) is 4.15. The number of H-pyrrole nitrogens is 1. The number of urea groups is 1. The predicted octanol–water partition coefficient (Wildman–Crippen LogP) is 4.48. The van der Waals surface area contributed by atoms with Crippen LogP contribution in [0.2, 0.25) is 0 Å². The third kappa shape index (κ3) is 3.40. The molecule has 3 N–H and O–H groups in total. The van der Waals surface area contributed by atoms with Gasteiger partial charge in [0.05, 0.1) is 16.3 Å². The Morgan fingerprint density at radius 2 is 2.17 bits per heavy atom. The van der Waals surface area contributed by atoms with Crippen LogP contribution in [-0.2, 0) is 6.42 Å². The lowest BCUT2D eigenvalue weighted by Crippen LogP contribution is -2.20. The molecule has 0 atom stereocenters. The van der Waals surface area contributed by atoms with Crippen LogP contribution in [0.25, 0.3) is 10.6 Å². The molecule has 3 aromatic rings. The van der Waals surface area contributed by atoms with Gasteiger partial charge in [-0.1, -0.05) is 19.1 Å². The zero-order chi connectivity index (χ0) is 16.2. The Kier molecular flexibility index (Phi) is 4.38. The standard InChI is InChI=1S/C16H15FN4OS/c1-2-12-14(15(21-20-12)13-7-4-8-23-13)19-16(22)18-11-6-3-5-10(17)9-11/h3-9H,2H2,1H3,(H,20,21)(H2,18,19,22). The minimum absolute atomic E-state index is 0.390. The summed E-state index contributed by atoms with van der Waals surface area (Å²) in [5, 5.41) is 14.6. The average molecular weight is 330 g/mol. The Hall–Kier alpha value is -2.67. The fourth-order valence-corrected chi connectivity index (χ4v) is 2.92. The Balaban J connectivity index is 1.82. The number of nitrogens with zero attached hydrogens (tertiary/aromatic N) is 1. The maximum absolute atomic E-state index is 13.2. The number of hydrogen-bond acceptors (Lipinski definition) is 3. The van der Waals surface area contributed by atoms with Gasteiger partial charge < -0.3 is 10.6 Å². The minimum atomic E-state index is -0.440. The molecule has 0 unspecified atom stereocenters. The number of rotatable bonds is 4. The second kappa shape index (κ2) is 6.62. The molecular weight excluding hydrogens is 315 g/mol.